The monoisotopic (exact) mass is 273 g/mol. The van der Waals surface area contributed by atoms with Crippen molar-refractivity contribution < 1.29 is 9.59 Å². The zero-order valence-corrected chi connectivity index (χ0v) is 12.0. The molecule has 0 radical (unpaired) electrons. The minimum Gasteiger partial charge on any atom is -0.340 e. The van der Waals surface area contributed by atoms with Crippen molar-refractivity contribution in [1.82, 2.24) is 4.90 Å². The summed E-state index contributed by atoms with van der Waals surface area (Å²) in [4.78, 5) is 24.8. The van der Waals surface area contributed by atoms with Crippen molar-refractivity contribution in [2.24, 2.45) is 0 Å². The van der Waals surface area contributed by atoms with Crippen molar-refractivity contribution in [2.45, 2.75) is 33.2 Å². The molecule has 0 saturated heterocycles. The Bertz CT molecular complexity index is 515. The molecule has 0 aliphatic heterocycles. The fraction of sp³-hybridized carbons (Fsp3) is 0.400. The van der Waals surface area contributed by atoms with Crippen LogP contribution in [0.5, 0.6) is 0 Å². The first kappa shape index (κ1) is 15.7. The maximum Gasteiger partial charge on any atom is 0.226 e. The first-order valence-corrected chi connectivity index (χ1v) is 6.51. The van der Waals surface area contributed by atoms with Gasteiger partial charge in [0.2, 0.25) is 11.8 Å². The predicted molar refractivity (Wildman–Crippen MR) is 76.9 cm³/mol. The van der Waals surface area contributed by atoms with E-state index in [9.17, 15) is 9.59 Å². The van der Waals surface area contributed by atoms with Crippen molar-refractivity contribution in [3.05, 3.63) is 29.8 Å². The minimum absolute atomic E-state index is 0.0360. The Balaban J connectivity index is 2.51. The predicted octanol–water partition coefficient (Wildman–Crippen LogP) is 2.14. The highest BCUT2D eigenvalue weighted by Crippen LogP contribution is 2.09. The third-order valence-corrected chi connectivity index (χ3v) is 2.91. The molecule has 0 aliphatic carbocycles. The summed E-state index contributed by atoms with van der Waals surface area (Å²) in [5.41, 5.74) is 1.19. The normalized spacial score (nSPS) is 9.95. The molecule has 20 heavy (non-hydrogen) atoms. The smallest absolute Gasteiger partial charge is 0.226 e. The van der Waals surface area contributed by atoms with Gasteiger partial charge in [0.05, 0.1) is 11.6 Å². The Morgan fingerprint density at radius 1 is 1.30 bits per heavy atom. The summed E-state index contributed by atoms with van der Waals surface area (Å²) in [6.45, 7) is 5.73. The molecule has 0 aromatic heterocycles. The number of rotatable bonds is 5. The Hall–Kier alpha value is -2.35. The number of nitrogens with one attached hydrogen (secondary N) is 1. The van der Waals surface area contributed by atoms with Crippen LogP contribution in [0.15, 0.2) is 24.3 Å². The van der Waals surface area contributed by atoms with Gasteiger partial charge in [-0.1, -0.05) is 0 Å². The van der Waals surface area contributed by atoms with Gasteiger partial charge in [0.15, 0.2) is 0 Å². The van der Waals surface area contributed by atoms with Gasteiger partial charge in [-0.05, 0) is 38.1 Å². The number of hydrogen-bond acceptors (Lipinski definition) is 3. The molecular formula is C15H19N3O2. The van der Waals surface area contributed by atoms with Gasteiger partial charge in [0.25, 0.3) is 0 Å². The molecule has 0 heterocycles. The molecule has 0 spiro atoms. The van der Waals surface area contributed by atoms with Gasteiger partial charge in [-0.15, -0.1) is 0 Å². The Labute approximate surface area is 119 Å². The van der Waals surface area contributed by atoms with Crippen LogP contribution < -0.4 is 5.32 Å². The average Bonchev–Trinajstić information content (AvgIpc) is 2.39. The number of hydrogen-bond donors (Lipinski definition) is 1. The maximum absolute atomic E-state index is 11.8. The summed E-state index contributed by atoms with van der Waals surface area (Å²) in [6, 6.07) is 8.75. The molecule has 106 valence electrons. The highest BCUT2D eigenvalue weighted by atomic mass is 16.2. The number of nitriles is 1. The molecule has 0 bridgehead atoms. The van der Waals surface area contributed by atoms with Crippen LogP contribution in [0.1, 0.15) is 32.8 Å². The highest BCUT2D eigenvalue weighted by molar-refractivity contribution is 5.91. The molecule has 0 atom stereocenters. The van der Waals surface area contributed by atoms with Crippen molar-refractivity contribution in [2.75, 3.05) is 11.9 Å². The van der Waals surface area contributed by atoms with E-state index in [1.165, 1.54) is 6.92 Å². The molecule has 5 heteroatoms. The van der Waals surface area contributed by atoms with Gasteiger partial charge in [0, 0.05) is 31.6 Å². The number of nitrogens with zero attached hydrogens (tertiary/aromatic N) is 2. The average molecular weight is 273 g/mol. The van der Waals surface area contributed by atoms with Crippen LogP contribution in [0.4, 0.5) is 5.69 Å². The number of anilines is 1. The number of carbonyl (C=O) groups excluding carboxylic acids is 2. The number of amides is 2. The third-order valence-electron chi connectivity index (χ3n) is 2.91. The van der Waals surface area contributed by atoms with Gasteiger partial charge in [-0.3, -0.25) is 9.59 Å². The second-order valence-electron chi connectivity index (χ2n) is 4.79. The van der Waals surface area contributed by atoms with E-state index in [2.05, 4.69) is 5.32 Å². The second kappa shape index (κ2) is 7.29. The van der Waals surface area contributed by atoms with E-state index >= 15 is 0 Å². The lowest BCUT2D eigenvalue weighted by atomic mass is 10.2. The molecule has 1 aromatic rings. The van der Waals surface area contributed by atoms with E-state index in [4.69, 9.17) is 5.26 Å². The zero-order valence-electron chi connectivity index (χ0n) is 12.0. The fourth-order valence-electron chi connectivity index (χ4n) is 1.85. The summed E-state index contributed by atoms with van der Waals surface area (Å²) in [7, 11) is 0. The third kappa shape index (κ3) is 4.73. The lowest BCUT2D eigenvalue weighted by Gasteiger charge is -2.24. The standard InChI is InChI=1S/C15H19N3O2/c1-11(2)18(12(3)19)9-8-15(20)17-14-6-4-13(10-16)5-7-14/h4-7,11H,8-9H2,1-3H3,(H,17,20). The van der Waals surface area contributed by atoms with Gasteiger partial charge in [-0.2, -0.15) is 5.26 Å². The maximum atomic E-state index is 11.8. The van der Waals surface area contributed by atoms with E-state index in [0.717, 1.165) is 0 Å². The Morgan fingerprint density at radius 3 is 2.35 bits per heavy atom. The van der Waals surface area contributed by atoms with Crippen LogP contribution in [0, 0.1) is 11.3 Å². The molecular weight excluding hydrogens is 254 g/mol. The first-order valence-electron chi connectivity index (χ1n) is 6.51. The largest absolute Gasteiger partial charge is 0.340 e. The van der Waals surface area contributed by atoms with Crippen molar-refractivity contribution >= 4 is 17.5 Å². The number of benzene rings is 1. The molecule has 0 unspecified atom stereocenters. The lowest BCUT2D eigenvalue weighted by Crippen LogP contribution is -2.37. The summed E-state index contributed by atoms with van der Waals surface area (Å²) in [6.07, 6.45) is 0.248. The van der Waals surface area contributed by atoms with Crippen LogP contribution in [-0.4, -0.2) is 29.3 Å². The van der Waals surface area contributed by atoms with Crippen LogP contribution in [-0.2, 0) is 9.59 Å². The first-order chi connectivity index (χ1) is 9.43. The molecule has 1 aromatic carbocycles. The second-order valence-corrected chi connectivity index (χ2v) is 4.79. The van der Waals surface area contributed by atoms with Gasteiger partial charge >= 0.3 is 0 Å². The quantitative estimate of drug-likeness (QED) is 0.893. The van der Waals surface area contributed by atoms with E-state index in [1.54, 1.807) is 29.2 Å². The van der Waals surface area contributed by atoms with E-state index in [1.807, 2.05) is 19.9 Å². The SMILES string of the molecule is CC(=O)N(CCC(=O)Nc1ccc(C#N)cc1)C(C)C. The van der Waals surface area contributed by atoms with E-state index in [-0.39, 0.29) is 24.3 Å². The van der Waals surface area contributed by atoms with Gasteiger partial charge < -0.3 is 10.2 Å². The molecule has 0 fully saturated rings. The van der Waals surface area contributed by atoms with Crippen molar-refractivity contribution in [3.8, 4) is 6.07 Å². The summed E-state index contributed by atoms with van der Waals surface area (Å²) < 4.78 is 0. The lowest BCUT2D eigenvalue weighted by molar-refractivity contribution is -0.130. The van der Waals surface area contributed by atoms with Crippen LogP contribution in [0.2, 0.25) is 0 Å². The topological polar surface area (TPSA) is 73.2 Å². The van der Waals surface area contributed by atoms with Crippen molar-refractivity contribution in [1.29, 1.82) is 5.26 Å². The summed E-state index contributed by atoms with van der Waals surface area (Å²) in [5, 5.41) is 11.4. The van der Waals surface area contributed by atoms with E-state index in [0.29, 0.717) is 17.8 Å². The van der Waals surface area contributed by atoms with Gasteiger partial charge in [0.1, 0.15) is 0 Å². The van der Waals surface area contributed by atoms with Crippen LogP contribution >= 0.6 is 0 Å². The summed E-state index contributed by atoms with van der Waals surface area (Å²) >= 11 is 0. The minimum atomic E-state index is -0.151. The van der Waals surface area contributed by atoms with E-state index < -0.39 is 0 Å². The van der Waals surface area contributed by atoms with Crippen molar-refractivity contribution in [3.63, 3.8) is 0 Å². The molecule has 0 aliphatic rings. The Morgan fingerprint density at radius 2 is 1.90 bits per heavy atom. The van der Waals surface area contributed by atoms with Crippen LogP contribution in [0.25, 0.3) is 0 Å². The molecule has 1 rings (SSSR count). The Kier molecular flexibility index (Phi) is 5.73. The number of carbonyl (C=O) groups is 2. The zero-order chi connectivity index (χ0) is 15.1. The molecule has 2 amide bonds. The van der Waals surface area contributed by atoms with Gasteiger partial charge in [-0.25, -0.2) is 0 Å². The molecule has 5 nitrogen and oxygen atoms in total. The highest BCUT2D eigenvalue weighted by Gasteiger charge is 2.14. The molecule has 0 saturated carbocycles. The molecule has 1 N–H and O–H groups in total. The fourth-order valence-corrected chi connectivity index (χ4v) is 1.85. The van der Waals surface area contributed by atoms with Crippen LogP contribution in [0.3, 0.4) is 0 Å². The summed E-state index contributed by atoms with van der Waals surface area (Å²) in [5.74, 6) is -0.187.